The highest BCUT2D eigenvalue weighted by Crippen LogP contribution is 2.53. The molecular weight excluding hydrogens is 220 g/mol. The Balaban J connectivity index is 1.73. The molecular formula is C17H28O. The average Bonchev–Trinajstić information content (AvgIpc) is 2.80. The minimum Gasteiger partial charge on any atom is -0.396 e. The zero-order chi connectivity index (χ0) is 12.5. The van der Waals surface area contributed by atoms with Crippen molar-refractivity contribution in [3.63, 3.8) is 0 Å². The minimum atomic E-state index is 0.426. The van der Waals surface area contributed by atoms with Crippen molar-refractivity contribution in [1.82, 2.24) is 0 Å². The van der Waals surface area contributed by atoms with Gasteiger partial charge in [-0.2, -0.15) is 0 Å². The molecule has 3 aliphatic rings. The highest BCUT2D eigenvalue weighted by atomic mass is 16.3. The maximum Gasteiger partial charge on any atom is 0.0464 e. The molecule has 0 aliphatic heterocycles. The quantitative estimate of drug-likeness (QED) is 0.727. The highest BCUT2D eigenvalue weighted by molar-refractivity contribution is 5.12. The Morgan fingerprint density at radius 1 is 0.944 bits per heavy atom. The van der Waals surface area contributed by atoms with Crippen LogP contribution in [0.5, 0.6) is 0 Å². The van der Waals surface area contributed by atoms with Gasteiger partial charge in [0.15, 0.2) is 0 Å². The molecule has 0 bridgehead atoms. The van der Waals surface area contributed by atoms with Gasteiger partial charge in [0.2, 0.25) is 0 Å². The average molecular weight is 248 g/mol. The van der Waals surface area contributed by atoms with E-state index < -0.39 is 0 Å². The van der Waals surface area contributed by atoms with Crippen LogP contribution < -0.4 is 0 Å². The first-order chi connectivity index (χ1) is 8.81. The van der Waals surface area contributed by atoms with E-state index in [-0.39, 0.29) is 0 Å². The second kappa shape index (κ2) is 5.36. The van der Waals surface area contributed by atoms with Crippen LogP contribution in [-0.4, -0.2) is 11.7 Å². The molecule has 3 unspecified atom stereocenters. The number of aliphatic hydroxyl groups is 1. The fraction of sp³-hybridized carbons (Fsp3) is 0.882. The van der Waals surface area contributed by atoms with Crippen molar-refractivity contribution in [2.75, 3.05) is 6.61 Å². The number of hydrogen-bond donors (Lipinski definition) is 1. The van der Waals surface area contributed by atoms with Crippen LogP contribution in [0.3, 0.4) is 0 Å². The third-order valence-corrected chi connectivity index (χ3v) is 6.22. The van der Waals surface area contributed by atoms with Crippen LogP contribution in [0.2, 0.25) is 0 Å². The standard InChI is InChI=1S/C17H28O/c1-12-7-8-16-14(12)9-10-15(17(16)11-18)13-5-3-2-4-6-13/h13-18H,1-11H2/t14?,15?,16?,17-/m1/s1. The predicted octanol–water partition coefficient (Wildman–Crippen LogP) is 4.17. The van der Waals surface area contributed by atoms with Gasteiger partial charge in [0, 0.05) is 6.61 Å². The SMILES string of the molecule is C=C1CCC2C1CCC(C1CCCCC1)[C@H]2CO. The molecule has 0 aromatic rings. The fourth-order valence-electron chi connectivity index (χ4n) is 5.29. The number of aliphatic hydroxyl groups excluding tert-OH is 1. The molecule has 3 aliphatic carbocycles. The summed E-state index contributed by atoms with van der Waals surface area (Å²) in [5, 5.41) is 9.90. The molecule has 3 saturated carbocycles. The Morgan fingerprint density at radius 2 is 1.72 bits per heavy atom. The van der Waals surface area contributed by atoms with Crippen LogP contribution in [0.15, 0.2) is 12.2 Å². The molecule has 0 spiro atoms. The van der Waals surface area contributed by atoms with Crippen LogP contribution in [0, 0.1) is 29.6 Å². The summed E-state index contributed by atoms with van der Waals surface area (Å²) in [6, 6.07) is 0. The van der Waals surface area contributed by atoms with E-state index in [1.54, 1.807) is 0 Å². The predicted molar refractivity (Wildman–Crippen MR) is 75.2 cm³/mol. The molecule has 0 saturated heterocycles. The number of rotatable bonds is 2. The first-order valence-electron chi connectivity index (χ1n) is 8.09. The Labute approximate surface area is 112 Å². The molecule has 102 valence electrons. The Bertz CT molecular complexity index is 303. The van der Waals surface area contributed by atoms with Gasteiger partial charge in [-0.1, -0.05) is 44.3 Å². The van der Waals surface area contributed by atoms with Gasteiger partial charge < -0.3 is 5.11 Å². The van der Waals surface area contributed by atoms with Gasteiger partial charge in [-0.15, -0.1) is 0 Å². The number of allylic oxidation sites excluding steroid dienone is 1. The summed E-state index contributed by atoms with van der Waals surface area (Å²) in [5.74, 6) is 3.85. The van der Waals surface area contributed by atoms with E-state index in [2.05, 4.69) is 6.58 Å². The summed E-state index contributed by atoms with van der Waals surface area (Å²) >= 11 is 0. The molecule has 1 heteroatoms. The van der Waals surface area contributed by atoms with E-state index in [0.717, 1.165) is 23.7 Å². The van der Waals surface area contributed by atoms with Crippen LogP contribution in [-0.2, 0) is 0 Å². The lowest BCUT2D eigenvalue weighted by Gasteiger charge is -2.44. The lowest BCUT2D eigenvalue weighted by molar-refractivity contribution is 0.0213. The van der Waals surface area contributed by atoms with Gasteiger partial charge in [-0.3, -0.25) is 0 Å². The van der Waals surface area contributed by atoms with Crippen LogP contribution in [0.4, 0.5) is 0 Å². The first-order valence-corrected chi connectivity index (χ1v) is 8.09. The van der Waals surface area contributed by atoms with Gasteiger partial charge in [0.05, 0.1) is 0 Å². The van der Waals surface area contributed by atoms with Crippen molar-refractivity contribution in [1.29, 1.82) is 0 Å². The smallest absolute Gasteiger partial charge is 0.0464 e. The summed E-state index contributed by atoms with van der Waals surface area (Å²) in [5.41, 5.74) is 1.49. The van der Waals surface area contributed by atoms with Crippen LogP contribution in [0.1, 0.15) is 57.8 Å². The van der Waals surface area contributed by atoms with Gasteiger partial charge in [0.1, 0.15) is 0 Å². The Morgan fingerprint density at radius 3 is 2.44 bits per heavy atom. The molecule has 18 heavy (non-hydrogen) atoms. The van der Waals surface area contributed by atoms with E-state index in [4.69, 9.17) is 0 Å². The Kier molecular flexibility index (Phi) is 3.79. The first kappa shape index (κ1) is 12.7. The maximum absolute atomic E-state index is 9.90. The van der Waals surface area contributed by atoms with Crippen molar-refractivity contribution in [3.8, 4) is 0 Å². The van der Waals surface area contributed by atoms with E-state index in [1.165, 1.54) is 63.4 Å². The molecule has 1 nitrogen and oxygen atoms in total. The van der Waals surface area contributed by atoms with E-state index in [1.807, 2.05) is 0 Å². The van der Waals surface area contributed by atoms with Crippen molar-refractivity contribution < 1.29 is 5.11 Å². The van der Waals surface area contributed by atoms with Crippen LogP contribution >= 0.6 is 0 Å². The van der Waals surface area contributed by atoms with E-state index >= 15 is 0 Å². The normalized spacial score (nSPS) is 41.9. The zero-order valence-electron chi connectivity index (χ0n) is 11.6. The largest absolute Gasteiger partial charge is 0.396 e. The third-order valence-electron chi connectivity index (χ3n) is 6.22. The summed E-state index contributed by atoms with van der Waals surface area (Å²) in [6.07, 6.45) is 12.4. The van der Waals surface area contributed by atoms with Crippen molar-refractivity contribution in [2.24, 2.45) is 29.6 Å². The van der Waals surface area contributed by atoms with Crippen molar-refractivity contribution in [2.45, 2.75) is 57.8 Å². The number of fused-ring (bicyclic) bond motifs is 1. The lowest BCUT2D eigenvalue weighted by Crippen LogP contribution is -2.38. The third kappa shape index (κ3) is 2.15. The fourth-order valence-corrected chi connectivity index (χ4v) is 5.29. The minimum absolute atomic E-state index is 0.426. The van der Waals surface area contributed by atoms with Gasteiger partial charge in [-0.05, 0) is 55.3 Å². The van der Waals surface area contributed by atoms with Gasteiger partial charge in [-0.25, -0.2) is 0 Å². The molecule has 3 fully saturated rings. The second-order valence-corrected chi connectivity index (χ2v) is 6.95. The molecule has 0 aromatic heterocycles. The molecule has 0 heterocycles. The topological polar surface area (TPSA) is 20.2 Å². The lowest BCUT2D eigenvalue weighted by atomic mass is 9.61. The summed E-state index contributed by atoms with van der Waals surface area (Å²) in [4.78, 5) is 0. The molecule has 4 atom stereocenters. The Hall–Kier alpha value is -0.300. The zero-order valence-corrected chi connectivity index (χ0v) is 11.6. The number of hydrogen-bond acceptors (Lipinski definition) is 1. The van der Waals surface area contributed by atoms with Crippen molar-refractivity contribution >= 4 is 0 Å². The molecule has 0 amide bonds. The highest BCUT2D eigenvalue weighted by Gasteiger charge is 2.45. The van der Waals surface area contributed by atoms with E-state index in [0.29, 0.717) is 12.5 Å². The molecule has 1 N–H and O–H groups in total. The molecule has 0 radical (unpaired) electrons. The van der Waals surface area contributed by atoms with Crippen molar-refractivity contribution in [3.05, 3.63) is 12.2 Å². The van der Waals surface area contributed by atoms with Crippen LogP contribution in [0.25, 0.3) is 0 Å². The van der Waals surface area contributed by atoms with Gasteiger partial charge in [0.25, 0.3) is 0 Å². The van der Waals surface area contributed by atoms with E-state index in [9.17, 15) is 5.11 Å². The van der Waals surface area contributed by atoms with Gasteiger partial charge >= 0.3 is 0 Å². The maximum atomic E-state index is 9.90. The summed E-state index contributed by atoms with van der Waals surface area (Å²) in [7, 11) is 0. The second-order valence-electron chi connectivity index (χ2n) is 6.95. The molecule has 3 rings (SSSR count). The molecule has 0 aromatic carbocycles. The monoisotopic (exact) mass is 248 g/mol. The summed E-state index contributed by atoms with van der Waals surface area (Å²) in [6.45, 7) is 4.69. The summed E-state index contributed by atoms with van der Waals surface area (Å²) < 4.78 is 0.